The summed E-state index contributed by atoms with van der Waals surface area (Å²) in [5.74, 6) is -0.132. The average Bonchev–Trinajstić information content (AvgIpc) is 3.24. The van der Waals surface area contributed by atoms with Gasteiger partial charge in [0.1, 0.15) is 5.01 Å². The molecule has 1 N–H and O–H groups in total. The molecule has 0 unspecified atom stereocenters. The van der Waals surface area contributed by atoms with Gasteiger partial charge in [-0.15, -0.1) is 10.2 Å². The predicted octanol–water partition coefficient (Wildman–Crippen LogP) is 1.93. The fourth-order valence-electron chi connectivity index (χ4n) is 2.52. The van der Waals surface area contributed by atoms with Crippen LogP contribution in [-0.4, -0.2) is 48.3 Å². The van der Waals surface area contributed by atoms with E-state index in [1.165, 1.54) is 27.8 Å². The molecule has 1 aromatic carbocycles. The minimum absolute atomic E-state index is 0.0901. The molecule has 0 radical (unpaired) electrons. The van der Waals surface area contributed by atoms with Gasteiger partial charge in [0.15, 0.2) is 5.78 Å². The lowest BCUT2D eigenvalue weighted by atomic mass is 10.1. The molecule has 2 aromatic rings. The van der Waals surface area contributed by atoms with Crippen molar-refractivity contribution in [2.24, 2.45) is 0 Å². The first-order valence-electron chi connectivity index (χ1n) is 7.64. The standard InChI is InChI=1S/C15H18N4O3S2/c1-11-17-18-15(23-11)16-10-14(20)12-4-6-13(7-5-12)24(21,22)19-8-2-3-9-19/h4-7H,2-3,8-10H2,1H3,(H,16,18). The van der Waals surface area contributed by atoms with E-state index in [1.54, 1.807) is 12.1 Å². The second kappa shape index (κ2) is 6.96. The van der Waals surface area contributed by atoms with Gasteiger partial charge in [-0.05, 0) is 44.0 Å². The third kappa shape index (κ3) is 3.63. The Morgan fingerprint density at radius 3 is 2.46 bits per heavy atom. The van der Waals surface area contributed by atoms with Crippen LogP contribution in [0.5, 0.6) is 0 Å². The maximum Gasteiger partial charge on any atom is 0.243 e. The van der Waals surface area contributed by atoms with Crippen LogP contribution in [0.2, 0.25) is 0 Å². The van der Waals surface area contributed by atoms with E-state index in [0.29, 0.717) is 23.8 Å². The zero-order valence-corrected chi connectivity index (χ0v) is 14.9. The molecule has 9 heteroatoms. The Kier molecular flexibility index (Phi) is 4.93. The second-order valence-electron chi connectivity index (χ2n) is 5.54. The van der Waals surface area contributed by atoms with E-state index in [4.69, 9.17) is 0 Å². The van der Waals surface area contributed by atoms with E-state index < -0.39 is 10.0 Å². The Labute approximate surface area is 144 Å². The fraction of sp³-hybridized carbons (Fsp3) is 0.400. The van der Waals surface area contributed by atoms with Gasteiger partial charge in [-0.3, -0.25) is 4.79 Å². The summed E-state index contributed by atoms with van der Waals surface area (Å²) in [6.45, 7) is 3.06. The first-order valence-corrected chi connectivity index (χ1v) is 9.90. The molecule has 0 amide bonds. The molecule has 1 aromatic heterocycles. The summed E-state index contributed by atoms with van der Waals surface area (Å²) in [4.78, 5) is 12.4. The Bertz CT molecular complexity index is 825. The monoisotopic (exact) mass is 366 g/mol. The highest BCUT2D eigenvalue weighted by molar-refractivity contribution is 7.89. The maximum atomic E-state index is 12.4. The Hall–Kier alpha value is -1.84. The van der Waals surface area contributed by atoms with Gasteiger partial charge in [0.25, 0.3) is 0 Å². The van der Waals surface area contributed by atoms with Crippen molar-refractivity contribution in [3.05, 3.63) is 34.8 Å². The highest BCUT2D eigenvalue weighted by Gasteiger charge is 2.27. The maximum absolute atomic E-state index is 12.4. The summed E-state index contributed by atoms with van der Waals surface area (Å²) in [7, 11) is -3.44. The van der Waals surface area contributed by atoms with Gasteiger partial charge in [0, 0.05) is 18.7 Å². The van der Waals surface area contributed by atoms with E-state index in [0.717, 1.165) is 17.8 Å². The molecule has 0 aliphatic carbocycles. The SMILES string of the molecule is Cc1nnc(NCC(=O)c2ccc(S(=O)(=O)N3CCCC3)cc2)s1. The fourth-order valence-corrected chi connectivity index (χ4v) is 4.62. The van der Waals surface area contributed by atoms with Crippen LogP contribution in [0.15, 0.2) is 29.2 Å². The molecule has 7 nitrogen and oxygen atoms in total. The minimum atomic E-state index is -3.44. The molecule has 1 fully saturated rings. The number of hydrogen-bond acceptors (Lipinski definition) is 7. The summed E-state index contributed by atoms with van der Waals surface area (Å²) in [5.41, 5.74) is 0.462. The highest BCUT2D eigenvalue weighted by Crippen LogP contribution is 2.21. The van der Waals surface area contributed by atoms with Gasteiger partial charge in [-0.25, -0.2) is 8.42 Å². The van der Waals surface area contributed by atoms with E-state index in [2.05, 4.69) is 15.5 Å². The van der Waals surface area contributed by atoms with Crippen LogP contribution in [0.4, 0.5) is 5.13 Å². The molecule has 128 valence electrons. The smallest absolute Gasteiger partial charge is 0.243 e. The molecule has 0 spiro atoms. The summed E-state index contributed by atoms with van der Waals surface area (Å²) in [6, 6.07) is 6.10. The summed E-state index contributed by atoms with van der Waals surface area (Å²) in [6.07, 6.45) is 1.79. The minimum Gasteiger partial charge on any atom is -0.353 e. The van der Waals surface area contributed by atoms with Crippen molar-refractivity contribution in [3.63, 3.8) is 0 Å². The second-order valence-corrected chi connectivity index (χ2v) is 8.66. The first kappa shape index (κ1) is 17.0. The van der Waals surface area contributed by atoms with Crippen molar-refractivity contribution in [1.82, 2.24) is 14.5 Å². The number of Topliss-reactive ketones (excluding diaryl/α,β-unsaturated/α-hetero) is 1. The number of benzene rings is 1. The van der Waals surface area contributed by atoms with E-state index >= 15 is 0 Å². The van der Waals surface area contributed by atoms with Gasteiger partial charge in [0.2, 0.25) is 15.2 Å². The number of sulfonamides is 1. The average molecular weight is 366 g/mol. The highest BCUT2D eigenvalue weighted by atomic mass is 32.2. The Morgan fingerprint density at radius 1 is 1.21 bits per heavy atom. The Morgan fingerprint density at radius 2 is 1.88 bits per heavy atom. The van der Waals surface area contributed by atoms with Crippen molar-refractivity contribution in [2.75, 3.05) is 25.0 Å². The molecule has 1 aliphatic heterocycles. The molecular weight excluding hydrogens is 348 g/mol. The van der Waals surface area contributed by atoms with E-state index in [-0.39, 0.29) is 17.2 Å². The molecule has 0 bridgehead atoms. The van der Waals surface area contributed by atoms with E-state index in [1.807, 2.05) is 6.92 Å². The number of aromatic nitrogens is 2. The quantitative estimate of drug-likeness (QED) is 0.785. The number of ketones is 1. The van der Waals surface area contributed by atoms with Gasteiger partial charge in [-0.1, -0.05) is 11.3 Å². The topological polar surface area (TPSA) is 92.3 Å². The molecule has 0 saturated carbocycles. The molecule has 24 heavy (non-hydrogen) atoms. The van der Waals surface area contributed by atoms with Crippen LogP contribution in [0, 0.1) is 6.92 Å². The molecular formula is C15H18N4O3S2. The summed E-state index contributed by atoms with van der Waals surface area (Å²) in [5, 5.41) is 12.1. The normalized spacial score (nSPS) is 15.5. The van der Waals surface area contributed by atoms with Gasteiger partial charge < -0.3 is 5.32 Å². The molecule has 1 aliphatic rings. The van der Waals surface area contributed by atoms with Crippen LogP contribution in [-0.2, 0) is 10.0 Å². The number of carbonyl (C=O) groups excluding carboxylic acids is 1. The zero-order chi connectivity index (χ0) is 17.2. The van der Waals surface area contributed by atoms with Crippen LogP contribution >= 0.6 is 11.3 Å². The third-order valence-electron chi connectivity index (χ3n) is 3.81. The number of aryl methyl sites for hydroxylation is 1. The zero-order valence-electron chi connectivity index (χ0n) is 13.2. The predicted molar refractivity (Wildman–Crippen MR) is 91.9 cm³/mol. The van der Waals surface area contributed by atoms with Gasteiger partial charge >= 0.3 is 0 Å². The van der Waals surface area contributed by atoms with Crippen molar-refractivity contribution < 1.29 is 13.2 Å². The van der Waals surface area contributed by atoms with E-state index in [9.17, 15) is 13.2 Å². The number of anilines is 1. The summed E-state index contributed by atoms with van der Waals surface area (Å²) < 4.78 is 26.4. The van der Waals surface area contributed by atoms with Gasteiger partial charge in [0.05, 0.1) is 11.4 Å². The number of nitrogens with one attached hydrogen (secondary N) is 1. The molecule has 1 saturated heterocycles. The first-order chi connectivity index (χ1) is 11.5. The lowest BCUT2D eigenvalue weighted by molar-refractivity contribution is 0.101. The van der Waals surface area contributed by atoms with Crippen molar-refractivity contribution >= 4 is 32.3 Å². The number of nitrogens with zero attached hydrogens (tertiary/aromatic N) is 3. The van der Waals surface area contributed by atoms with Crippen molar-refractivity contribution in [1.29, 1.82) is 0 Å². The number of rotatable bonds is 6. The van der Waals surface area contributed by atoms with Gasteiger partial charge in [-0.2, -0.15) is 4.31 Å². The third-order valence-corrected chi connectivity index (χ3v) is 6.51. The van der Waals surface area contributed by atoms with Crippen LogP contribution < -0.4 is 5.32 Å². The largest absolute Gasteiger partial charge is 0.353 e. The van der Waals surface area contributed by atoms with Crippen molar-refractivity contribution in [2.45, 2.75) is 24.7 Å². The van der Waals surface area contributed by atoms with Crippen LogP contribution in [0.3, 0.4) is 0 Å². The molecule has 0 atom stereocenters. The number of hydrogen-bond donors (Lipinski definition) is 1. The number of carbonyl (C=O) groups is 1. The van der Waals surface area contributed by atoms with Crippen LogP contribution in [0.1, 0.15) is 28.2 Å². The molecule has 2 heterocycles. The van der Waals surface area contributed by atoms with Crippen molar-refractivity contribution in [3.8, 4) is 0 Å². The van der Waals surface area contributed by atoms with Crippen LogP contribution in [0.25, 0.3) is 0 Å². The summed E-state index contributed by atoms with van der Waals surface area (Å²) >= 11 is 1.37. The molecule has 3 rings (SSSR count). The Balaban J connectivity index is 1.66. The lowest BCUT2D eigenvalue weighted by Crippen LogP contribution is -2.27. The lowest BCUT2D eigenvalue weighted by Gasteiger charge is -2.15.